The summed E-state index contributed by atoms with van der Waals surface area (Å²) in [5, 5.41) is 12.3. The van der Waals surface area contributed by atoms with Crippen molar-refractivity contribution in [3.63, 3.8) is 0 Å². The molecular formula is C11H18N2O3. The Balaban J connectivity index is 1.73. The Bertz CT molecular complexity index is 302. The molecule has 0 bridgehead atoms. The van der Waals surface area contributed by atoms with E-state index in [2.05, 4.69) is 5.32 Å². The molecule has 0 aromatic heterocycles. The molecule has 2 N–H and O–H groups in total. The van der Waals surface area contributed by atoms with Gasteiger partial charge in [-0.05, 0) is 18.8 Å². The summed E-state index contributed by atoms with van der Waals surface area (Å²) < 4.78 is 0. The zero-order valence-electron chi connectivity index (χ0n) is 9.48. The summed E-state index contributed by atoms with van der Waals surface area (Å²) in [6, 6.07) is 0. The van der Waals surface area contributed by atoms with Gasteiger partial charge in [0.2, 0.25) is 11.8 Å². The van der Waals surface area contributed by atoms with Gasteiger partial charge in [0.25, 0.3) is 0 Å². The van der Waals surface area contributed by atoms with Gasteiger partial charge in [0, 0.05) is 26.6 Å². The average molecular weight is 226 g/mol. The molecule has 5 nitrogen and oxygen atoms in total. The van der Waals surface area contributed by atoms with Crippen molar-refractivity contribution in [1.29, 1.82) is 0 Å². The summed E-state index contributed by atoms with van der Waals surface area (Å²) in [6.07, 6.45) is 1.99. The summed E-state index contributed by atoms with van der Waals surface area (Å²) in [5.41, 5.74) is 0. The van der Waals surface area contributed by atoms with E-state index in [0.717, 1.165) is 12.8 Å². The molecule has 1 aliphatic carbocycles. The molecule has 1 saturated heterocycles. The summed E-state index contributed by atoms with van der Waals surface area (Å²) >= 11 is 0. The van der Waals surface area contributed by atoms with Crippen molar-refractivity contribution in [2.24, 2.45) is 11.8 Å². The maximum atomic E-state index is 11.7. The largest absolute Gasteiger partial charge is 0.391 e. The van der Waals surface area contributed by atoms with Gasteiger partial charge in [-0.15, -0.1) is 0 Å². The second kappa shape index (κ2) is 4.41. The van der Waals surface area contributed by atoms with Gasteiger partial charge in [-0.3, -0.25) is 9.59 Å². The number of carbonyl (C=O) groups is 2. The van der Waals surface area contributed by atoms with Crippen molar-refractivity contribution in [2.45, 2.75) is 25.4 Å². The number of carbonyl (C=O) groups excluding carboxylic acids is 2. The number of nitrogens with one attached hydrogen (secondary N) is 1. The highest BCUT2D eigenvalue weighted by atomic mass is 16.3. The van der Waals surface area contributed by atoms with Crippen LogP contribution in [0.5, 0.6) is 0 Å². The van der Waals surface area contributed by atoms with E-state index in [4.69, 9.17) is 0 Å². The van der Waals surface area contributed by atoms with E-state index in [9.17, 15) is 14.7 Å². The van der Waals surface area contributed by atoms with E-state index in [1.807, 2.05) is 0 Å². The third-order valence-electron chi connectivity index (χ3n) is 3.36. The number of aliphatic hydroxyl groups excluding tert-OH is 1. The Morgan fingerprint density at radius 3 is 2.81 bits per heavy atom. The van der Waals surface area contributed by atoms with Crippen LogP contribution >= 0.6 is 0 Å². The minimum absolute atomic E-state index is 0.0166. The van der Waals surface area contributed by atoms with Crippen molar-refractivity contribution < 1.29 is 14.7 Å². The third kappa shape index (κ3) is 2.52. The molecular weight excluding hydrogens is 208 g/mol. The number of likely N-dealkylation sites (tertiary alicyclic amines) is 1. The van der Waals surface area contributed by atoms with Crippen LogP contribution in [0.4, 0.5) is 0 Å². The quantitative estimate of drug-likeness (QED) is 0.669. The van der Waals surface area contributed by atoms with Crippen LogP contribution in [0.3, 0.4) is 0 Å². The summed E-state index contributed by atoms with van der Waals surface area (Å²) in [7, 11) is 1.70. The van der Waals surface area contributed by atoms with Gasteiger partial charge in [0.15, 0.2) is 0 Å². The van der Waals surface area contributed by atoms with Crippen LogP contribution in [0, 0.1) is 11.8 Å². The summed E-state index contributed by atoms with van der Waals surface area (Å²) in [5.74, 6) is 0.0254. The molecule has 2 atom stereocenters. The zero-order chi connectivity index (χ0) is 11.7. The fourth-order valence-corrected chi connectivity index (χ4v) is 2.04. The minimum atomic E-state index is -0.418. The fourth-order valence-electron chi connectivity index (χ4n) is 2.04. The van der Waals surface area contributed by atoms with Crippen molar-refractivity contribution in [3.8, 4) is 0 Å². The topological polar surface area (TPSA) is 69.6 Å². The van der Waals surface area contributed by atoms with Gasteiger partial charge in [-0.25, -0.2) is 0 Å². The molecule has 0 aromatic rings. The van der Waals surface area contributed by atoms with E-state index in [1.54, 1.807) is 11.9 Å². The van der Waals surface area contributed by atoms with E-state index >= 15 is 0 Å². The zero-order valence-corrected chi connectivity index (χ0v) is 9.48. The Kier molecular flexibility index (Phi) is 3.14. The maximum Gasteiger partial charge on any atom is 0.225 e. The van der Waals surface area contributed by atoms with Crippen LogP contribution in [0.15, 0.2) is 0 Å². The van der Waals surface area contributed by atoms with E-state index < -0.39 is 6.10 Å². The lowest BCUT2D eigenvalue weighted by Gasteiger charge is -2.13. The van der Waals surface area contributed by atoms with Gasteiger partial charge >= 0.3 is 0 Å². The number of aliphatic hydroxyl groups is 1. The van der Waals surface area contributed by atoms with Gasteiger partial charge in [-0.2, -0.15) is 0 Å². The molecule has 2 rings (SSSR count). The van der Waals surface area contributed by atoms with Gasteiger partial charge < -0.3 is 15.3 Å². The van der Waals surface area contributed by atoms with Crippen molar-refractivity contribution in [2.75, 3.05) is 20.1 Å². The lowest BCUT2D eigenvalue weighted by molar-refractivity contribution is -0.128. The first-order valence-electron chi connectivity index (χ1n) is 5.77. The molecule has 1 aliphatic heterocycles. The number of rotatable bonds is 4. The predicted octanol–water partition coefficient (Wildman–Crippen LogP) is -0.648. The highest BCUT2D eigenvalue weighted by Gasteiger charge is 2.34. The van der Waals surface area contributed by atoms with Gasteiger partial charge in [0.05, 0.1) is 12.0 Å². The molecule has 2 aliphatic rings. The SMILES string of the molecule is CN1CC(C(=O)NCC(O)C2CC2)CC1=O. The van der Waals surface area contributed by atoms with E-state index in [-0.39, 0.29) is 17.7 Å². The molecule has 5 heteroatoms. The molecule has 0 spiro atoms. The molecule has 2 fully saturated rings. The molecule has 2 amide bonds. The Morgan fingerprint density at radius 1 is 1.62 bits per heavy atom. The van der Waals surface area contributed by atoms with Crippen LogP contribution in [0.2, 0.25) is 0 Å². The van der Waals surface area contributed by atoms with Crippen molar-refractivity contribution in [1.82, 2.24) is 10.2 Å². The molecule has 0 aromatic carbocycles. The third-order valence-corrected chi connectivity index (χ3v) is 3.36. The summed E-state index contributed by atoms with van der Waals surface area (Å²) in [6.45, 7) is 0.808. The second-order valence-corrected chi connectivity index (χ2v) is 4.83. The number of nitrogens with zero attached hydrogens (tertiary/aromatic N) is 1. The van der Waals surface area contributed by atoms with Crippen molar-refractivity contribution in [3.05, 3.63) is 0 Å². The molecule has 16 heavy (non-hydrogen) atoms. The van der Waals surface area contributed by atoms with Gasteiger partial charge in [-0.1, -0.05) is 0 Å². The molecule has 2 unspecified atom stereocenters. The highest BCUT2D eigenvalue weighted by molar-refractivity contribution is 5.89. The van der Waals surface area contributed by atoms with Gasteiger partial charge in [0.1, 0.15) is 0 Å². The first-order chi connectivity index (χ1) is 7.58. The molecule has 1 saturated carbocycles. The average Bonchev–Trinajstić information content (AvgIpc) is 3.03. The standard InChI is InChI=1S/C11H18N2O3/c1-13-6-8(4-10(13)15)11(16)12-5-9(14)7-2-3-7/h7-9,14H,2-6H2,1H3,(H,12,16). The maximum absolute atomic E-state index is 11.7. The predicted molar refractivity (Wildman–Crippen MR) is 57.5 cm³/mol. The summed E-state index contributed by atoms with van der Waals surface area (Å²) in [4.78, 5) is 24.5. The second-order valence-electron chi connectivity index (χ2n) is 4.83. The molecule has 1 heterocycles. The number of amides is 2. The minimum Gasteiger partial charge on any atom is -0.391 e. The lowest BCUT2D eigenvalue weighted by Crippen LogP contribution is -2.37. The van der Waals surface area contributed by atoms with Crippen LogP contribution in [-0.2, 0) is 9.59 Å². The Labute approximate surface area is 94.8 Å². The van der Waals surface area contributed by atoms with E-state index in [0.29, 0.717) is 25.4 Å². The lowest BCUT2D eigenvalue weighted by atomic mass is 10.1. The van der Waals surface area contributed by atoms with E-state index in [1.165, 1.54) is 0 Å². The first kappa shape index (κ1) is 11.4. The highest BCUT2D eigenvalue weighted by Crippen LogP contribution is 2.32. The fraction of sp³-hybridized carbons (Fsp3) is 0.818. The smallest absolute Gasteiger partial charge is 0.225 e. The van der Waals surface area contributed by atoms with Crippen LogP contribution < -0.4 is 5.32 Å². The normalized spacial score (nSPS) is 27.0. The Morgan fingerprint density at radius 2 is 2.31 bits per heavy atom. The Hall–Kier alpha value is -1.10. The first-order valence-corrected chi connectivity index (χ1v) is 5.77. The van der Waals surface area contributed by atoms with Crippen LogP contribution in [0.25, 0.3) is 0 Å². The van der Waals surface area contributed by atoms with Crippen LogP contribution in [0.1, 0.15) is 19.3 Å². The number of hydrogen-bond donors (Lipinski definition) is 2. The monoisotopic (exact) mass is 226 g/mol. The van der Waals surface area contributed by atoms with Crippen molar-refractivity contribution >= 4 is 11.8 Å². The molecule has 0 radical (unpaired) electrons. The molecule has 90 valence electrons. The number of hydrogen-bond acceptors (Lipinski definition) is 3. The van der Waals surface area contributed by atoms with Crippen LogP contribution in [-0.4, -0.2) is 48.1 Å².